The van der Waals surface area contributed by atoms with Crippen LogP contribution in [-0.4, -0.2) is 0 Å². The van der Waals surface area contributed by atoms with E-state index in [1.165, 1.54) is 0 Å². The van der Waals surface area contributed by atoms with Gasteiger partial charge in [-0.25, -0.2) is 17.6 Å². The Morgan fingerprint density at radius 1 is 0.733 bits per heavy atom. The van der Waals surface area contributed by atoms with Crippen molar-refractivity contribution in [3.8, 4) is 0 Å². The molecule has 0 aliphatic heterocycles. The first-order valence-electron chi connectivity index (χ1n) is 11.1. The average Bonchev–Trinajstić information content (AvgIpc) is 2.75. The van der Waals surface area contributed by atoms with Gasteiger partial charge in [0.15, 0.2) is 23.3 Å². The number of rotatable bonds is 7. The first kappa shape index (κ1) is 22.6. The second-order valence-electron chi connectivity index (χ2n) is 8.35. The Bertz CT molecular complexity index is 892. The maximum Gasteiger partial charge on any atom is 0.166 e. The molecule has 30 heavy (non-hydrogen) atoms. The smallest absolute Gasteiger partial charge is 0.166 e. The van der Waals surface area contributed by atoms with Crippen molar-refractivity contribution < 1.29 is 17.6 Å². The molecule has 0 radical (unpaired) electrons. The van der Waals surface area contributed by atoms with Crippen molar-refractivity contribution in [3.05, 3.63) is 75.9 Å². The predicted molar refractivity (Wildman–Crippen MR) is 114 cm³/mol. The molecule has 1 aliphatic carbocycles. The first-order chi connectivity index (χ1) is 14.5. The summed E-state index contributed by atoms with van der Waals surface area (Å²) in [7, 11) is 0. The van der Waals surface area contributed by atoms with E-state index in [1.807, 2.05) is 19.9 Å². The van der Waals surface area contributed by atoms with Crippen LogP contribution in [0, 0.1) is 29.2 Å². The van der Waals surface area contributed by atoms with Crippen LogP contribution in [0.5, 0.6) is 0 Å². The summed E-state index contributed by atoms with van der Waals surface area (Å²) >= 11 is 0. The van der Waals surface area contributed by atoms with Crippen LogP contribution in [0.2, 0.25) is 0 Å². The molecular formula is C26H30F4. The van der Waals surface area contributed by atoms with E-state index in [9.17, 15) is 17.6 Å². The molecule has 2 aromatic carbocycles. The van der Waals surface area contributed by atoms with Crippen molar-refractivity contribution in [2.24, 2.45) is 5.92 Å². The number of benzene rings is 2. The van der Waals surface area contributed by atoms with E-state index >= 15 is 0 Å². The highest BCUT2D eigenvalue weighted by Gasteiger charge is 2.25. The van der Waals surface area contributed by atoms with Crippen LogP contribution < -0.4 is 0 Å². The van der Waals surface area contributed by atoms with Crippen LogP contribution in [0.3, 0.4) is 0 Å². The lowest BCUT2D eigenvalue weighted by Crippen LogP contribution is -2.14. The van der Waals surface area contributed by atoms with E-state index in [2.05, 4.69) is 0 Å². The zero-order valence-electron chi connectivity index (χ0n) is 17.8. The van der Waals surface area contributed by atoms with Gasteiger partial charge in [-0.05, 0) is 67.1 Å². The molecule has 0 heterocycles. The molecule has 1 fully saturated rings. The van der Waals surface area contributed by atoms with Crippen molar-refractivity contribution >= 4 is 6.08 Å². The highest BCUT2D eigenvalue weighted by molar-refractivity contribution is 5.51. The summed E-state index contributed by atoms with van der Waals surface area (Å²) in [5.74, 6) is -2.74. The van der Waals surface area contributed by atoms with Crippen molar-refractivity contribution in [1.29, 1.82) is 0 Å². The fourth-order valence-corrected chi connectivity index (χ4v) is 4.44. The van der Waals surface area contributed by atoms with Crippen LogP contribution in [0.15, 0.2) is 30.3 Å². The second-order valence-corrected chi connectivity index (χ2v) is 8.35. The molecule has 0 nitrogen and oxygen atoms in total. The van der Waals surface area contributed by atoms with Crippen molar-refractivity contribution in [1.82, 2.24) is 0 Å². The molecule has 162 valence electrons. The van der Waals surface area contributed by atoms with Gasteiger partial charge in [0.25, 0.3) is 0 Å². The fourth-order valence-electron chi connectivity index (χ4n) is 4.44. The third-order valence-corrected chi connectivity index (χ3v) is 6.18. The zero-order chi connectivity index (χ0) is 21.7. The number of hydrogen-bond donors (Lipinski definition) is 0. The van der Waals surface area contributed by atoms with Crippen LogP contribution >= 0.6 is 0 Å². The van der Waals surface area contributed by atoms with Gasteiger partial charge in [0.05, 0.1) is 0 Å². The lowest BCUT2D eigenvalue weighted by Gasteiger charge is -2.27. The van der Waals surface area contributed by atoms with Gasteiger partial charge >= 0.3 is 0 Å². The molecule has 0 N–H and O–H groups in total. The molecular weight excluding hydrogens is 388 g/mol. The van der Waals surface area contributed by atoms with E-state index in [0.717, 1.165) is 38.5 Å². The maximum atomic E-state index is 14.5. The van der Waals surface area contributed by atoms with E-state index < -0.39 is 23.3 Å². The Labute approximate surface area is 177 Å². The predicted octanol–water partition coefficient (Wildman–Crippen LogP) is 8.14. The molecule has 0 atom stereocenters. The zero-order valence-corrected chi connectivity index (χ0v) is 17.8. The molecule has 0 amide bonds. The summed E-state index contributed by atoms with van der Waals surface area (Å²) in [6, 6.07) is 6.72. The SMILES string of the molecule is CCCc1ccc(/C=C/C2CCC(c3ccc(CCC)c(F)c3F)CC2)c(F)c1F. The van der Waals surface area contributed by atoms with Crippen molar-refractivity contribution in [3.63, 3.8) is 0 Å². The molecule has 0 saturated heterocycles. The Morgan fingerprint density at radius 3 is 1.90 bits per heavy atom. The van der Waals surface area contributed by atoms with Gasteiger partial charge in [-0.15, -0.1) is 0 Å². The van der Waals surface area contributed by atoms with E-state index in [-0.39, 0.29) is 17.4 Å². The highest BCUT2D eigenvalue weighted by atomic mass is 19.2. The van der Waals surface area contributed by atoms with Gasteiger partial charge in [-0.3, -0.25) is 0 Å². The normalized spacial score (nSPS) is 19.5. The van der Waals surface area contributed by atoms with Gasteiger partial charge < -0.3 is 0 Å². The summed E-state index contributed by atoms with van der Waals surface area (Å²) in [6.07, 6.45) is 9.32. The van der Waals surface area contributed by atoms with Crippen molar-refractivity contribution in [2.45, 2.75) is 71.1 Å². The Morgan fingerprint density at radius 2 is 1.30 bits per heavy atom. The Hall–Kier alpha value is -2.10. The van der Waals surface area contributed by atoms with E-state index in [1.54, 1.807) is 30.3 Å². The second kappa shape index (κ2) is 10.3. The van der Waals surface area contributed by atoms with Crippen LogP contribution in [0.1, 0.15) is 80.5 Å². The summed E-state index contributed by atoms with van der Waals surface area (Å²) in [6.45, 7) is 3.88. The number of halogens is 4. The summed E-state index contributed by atoms with van der Waals surface area (Å²) < 4.78 is 57.2. The quantitative estimate of drug-likeness (QED) is 0.398. The van der Waals surface area contributed by atoms with Crippen LogP contribution in [0.25, 0.3) is 6.08 Å². The summed E-state index contributed by atoms with van der Waals surface area (Å²) in [4.78, 5) is 0. The molecule has 2 aromatic rings. The van der Waals surface area contributed by atoms with Gasteiger partial charge in [-0.1, -0.05) is 63.1 Å². The summed E-state index contributed by atoms with van der Waals surface area (Å²) in [5.41, 5.74) is 1.57. The maximum absolute atomic E-state index is 14.5. The third kappa shape index (κ3) is 4.96. The molecule has 0 aromatic heterocycles. The molecule has 0 unspecified atom stereocenters. The molecule has 1 saturated carbocycles. The topological polar surface area (TPSA) is 0 Å². The standard InChI is InChI=1S/C26H30F4/c1-3-5-19-13-14-21(24(28)23(19)27)12-9-17-7-10-18(11-8-17)22-16-15-20(6-4-2)25(29)26(22)30/h9,12-18H,3-8,10-11H2,1-2H3/b12-9+. The molecule has 3 rings (SSSR count). The number of allylic oxidation sites excluding steroid dienone is 1. The number of aryl methyl sites for hydroxylation is 2. The van der Waals surface area contributed by atoms with Gasteiger partial charge in [-0.2, -0.15) is 0 Å². The first-order valence-corrected chi connectivity index (χ1v) is 11.1. The van der Waals surface area contributed by atoms with Gasteiger partial charge in [0, 0.05) is 5.56 Å². The number of hydrogen-bond acceptors (Lipinski definition) is 0. The third-order valence-electron chi connectivity index (χ3n) is 6.18. The molecule has 4 heteroatoms. The van der Waals surface area contributed by atoms with E-state index in [0.29, 0.717) is 29.5 Å². The minimum absolute atomic E-state index is 0.00216. The van der Waals surface area contributed by atoms with Crippen LogP contribution in [-0.2, 0) is 12.8 Å². The monoisotopic (exact) mass is 418 g/mol. The van der Waals surface area contributed by atoms with Gasteiger partial charge in [0.1, 0.15) is 0 Å². The fraction of sp³-hybridized carbons (Fsp3) is 0.462. The minimum atomic E-state index is -0.796. The van der Waals surface area contributed by atoms with E-state index in [4.69, 9.17) is 0 Å². The average molecular weight is 419 g/mol. The summed E-state index contributed by atoms with van der Waals surface area (Å²) in [5, 5.41) is 0. The minimum Gasteiger partial charge on any atom is -0.203 e. The Balaban J connectivity index is 1.64. The lowest BCUT2D eigenvalue weighted by molar-refractivity contribution is 0.364. The van der Waals surface area contributed by atoms with Crippen molar-refractivity contribution in [2.75, 3.05) is 0 Å². The molecule has 0 spiro atoms. The highest BCUT2D eigenvalue weighted by Crippen LogP contribution is 2.38. The Kier molecular flexibility index (Phi) is 7.74. The largest absolute Gasteiger partial charge is 0.203 e. The molecule has 0 bridgehead atoms. The lowest BCUT2D eigenvalue weighted by atomic mass is 9.78. The van der Waals surface area contributed by atoms with Gasteiger partial charge in [0.2, 0.25) is 0 Å². The van der Waals surface area contributed by atoms with Crippen LogP contribution in [0.4, 0.5) is 17.6 Å². The molecule has 1 aliphatic rings.